The first-order valence-corrected chi connectivity index (χ1v) is 8.14. The molecule has 2 aliphatic heterocycles. The highest BCUT2D eigenvalue weighted by Crippen LogP contribution is 2.48. The number of rotatable bonds is 2. The molecule has 1 atom stereocenters. The second-order valence-electron chi connectivity index (χ2n) is 6.48. The van der Waals surface area contributed by atoms with Gasteiger partial charge in [-0.25, -0.2) is 0 Å². The summed E-state index contributed by atoms with van der Waals surface area (Å²) in [5.41, 5.74) is 5.11. The molecule has 0 bridgehead atoms. The van der Waals surface area contributed by atoms with Crippen molar-refractivity contribution in [2.24, 2.45) is 7.05 Å². The first-order chi connectivity index (χ1) is 11.5. The third-order valence-electron chi connectivity index (χ3n) is 4.91. The average Bonchev–Trinajstić information content (AvgIpc) is 2.56. The van der Waals surface area contributed by atoms with Crippen molar-refractivity contribution >= 4 is 22.2 Å². The number of fused-ring (bicyclic) bond motifs is 2. The minimum Gasteiger partial charge on any atom is -0.487 e. The van der Waals surface area contributed by atoms with E-state index < -0.39 is 0 Å². The zero-order valence-electron chi connectivity index (χ0n) is 14.2. The van der Waals surface area contributed by atoms with E-state index in [4.69, 9.17) is 4.74 Å². The van der Waals surface area contributed by atoms with Crippen molar-refractivity contribution in [1.82, 2.24) is 9.88 Å². The van der Waals surface area contributed by atoms with E-state index >= 15 is 0 Å². The third kappa shape index (κ3) is 1.94. The number of ether oxygens (including phenoxy) is 1. The van der Waals surface area contributed by atoms with Gasteiger partial charge in [0, 0.05) is 36.3 Å². The van der Waals surface area contributed by atoms with Gasteiger partial charge in [-0.2, -0.15) is 0 Å². The predicted octanol–water partition coefficient (Wildman–Crippen LogP) is 2.26. The fraction of sp³-hybridized carbons (Fsp3) is 0.316. The van der Waals surface area contributed by atoms with Gasteiger partial charge in [-0.3, -0.25) is 4.79 Å². The Morgan fingerprint density at radius 1 is 1.42 bits per heavy atom. The van der Waals surface area contributed by atoms with Gasteiger partial charge >= 0.3 is 0 Å². The molecule has 0 saturated heterocycles. The lowest BCUT2D eigenvalue weighted by atomic mass is 9.93. The maximum absolute atomic E-state index is 12.1. The standard InChI is InChI=1S/C19H21N3O2/c1-11-7-12(2)22-14(9-20-3)10-24-19-17-13(8-15(11)18(19)22)5-6-16(23)21(17)4/h5-8,14,20H,2,9-10H2,1,3-4H3/t14-/m0/s1. The minimum absolute atomic E-state index is 0.0342. The first-order valence-electron chi connectivity index (χ1n) is 8.14. The zero-order chi connectivity index (χ0) is 17.0. The molecule has 2 aromatic rings. The number of nitrogens with one attached hydrogen (secondary N) is 1. The molecule has 5 heteroatoms. The predicted molar refractivity (Wildman–Crippen MR) is 97.7 cm³/mol. The number of hydrogen-bond acceptors (Lipinski definition) is 4. The topological polar surface area (TPSA) is 46.5 Å². The second kappa shape index (κ2) is 5.24. The van der Waals surface area contributed by atoms with Crippen LogP contribution in [0.5, 0.6) is 5.75 Å². The van der Waals surface area contributed by atoms with Crippen molar-refractivity contribution in [1.29, 1.82) is 0 Å². The minimum atomic E-state index is -0.0342. The van der Waals surface area contributed by atoms with E-state index in [9.17, 15) is 4.79 Å². The summed E-state index contributed by atoms with van der Waals surface area (Å²) in [5.74, 6) is 0.781. The summed E-state index contributed by atoms with van der Waals surface area (Å²) in [6.45, 7) is 7.69. The number of nitrogens with zero attached hydrogens (tertiary/aromatic N) is 2. The van der Waals surface area contributed by atoms with E-state index in [1.54, 1.807) is 17.7 Å². The molecule has 0 spiro atoms. The lowest BCUT2D eigenvalue weighted by Crippen LogP contribution is -2.48. The van der Waals surface area contributed by atoms with E-state index in [-0.39, 0.29) is 11.6 Å². The fourth-order valence-corrected chi connectivity index (χ4v) is 3.79. The summed E-state index contributed by atoms with van der Waals surface area (Å²) in [4.78, 5) is 14.4. The van der Waals surface area contributed by atoms with E-state index in [0.29, 0.717) is 6.61 Å². The zero-order valence-corrected chi connectivity index (χ0v) is 14.2. The Balaban J connectivity index is 2.09. The normalized spacial score (nSPS) is 19.1. The maximum Gasteiger partial charge on any atom is 0.250 e. The highest BCUT2D eigenvalue weighted by Gasteiger charge is 2.35. The molecule has 124 valence electrons. The summed E-state index contributed by atoms with van der Waals surface area (Å²) in [6.07, 6.45) is 2.12. The highest BCUT2D eigenvalue weighted by molar-refractivity contribution is 6.00. The summed E-state index contributed by atoms with van der Waals surface area (Å²) in [6, 6.07) is 5.80. The van der Waals surface area contributed by atoms with Crippen LogP contribution in [0.25, 0.3) is 16.5 Å². The van der Waals surface area contributed by atoms with Crippen LogP contribution in [0.2, 0.25) is 0 Å². The Labute approximate surface area is 140 Å². The Morgan fingerprint density at radius 3 is 2.96 bits per heavy atom. The van der Waals surface area contributed by atoms with E-state index in [2.05, 4.69) is 35.9 Å². The van der Waals surface area contributed by atoms with Crippen LogP contribution in [0.4, 0.5) is 5.69 Å². The molecule has 4 rings (SSSR count). The van der Waals surface area contributed by atoms with Crippen LogP contribution in [0.3, 0.4) is 0 Å². The monoisotopic (exact) mass is 323 g/mol. The average molecular weight is 323 g/mol. The number of hydrogen-bond donors (Lipinski definition) is 1. The number of pyridine rings is 1. The van der Waals surface area contributed by atoms with Gasteiger partial charge in [-0.15, -0.1) is 0 Å². The molecule has 5 nitrogen and oxygen atoms in total. The molecule has 0 saturated carbocycles. The van der Waals surface area contributed by atoms with Crippen molar-refractivity contribution in [3.8, 4) is 5.75 Å². The third-order valence-corrected chi connectivity index (χ3v) is 4.91. The lowest BCUT2D eigenvalue weighted by molar-refractivity contribution is 0.268. The molecule has 24 heavy (non-hydrogen) atoms. The molecule has 0 aliphatic carbocycles. The molecule has 1 N–H and O–H groups in total. The van der Waals surface area contributed by atoms with Crippen LogP contribution >= 0.6 is 0 Å². The van der Waals surface area contributed by atoms with Crippen LogP contribution < -0.4 is 20.5 Å². The smallest absolute Gasteiger partial charge is 0.250 e. The highest BCUT2D eigenvalue weighted by atomic mass is 16.5. The van der Waals surface area contributed by atoms with Crippen LogP contribution in [0, 0.1) is 0 Å². The fourth-order valence-electron chi connectivity index (χ4n) is 3.79. The van der Waals surface area contributed by atoms with Crippen molar-refractivity contribution in [2.75, 3.05) is 25.1 Å². The Bertz CT molecular complexity index is 955. The van der Waals surface area contributed by atoms with Gasteiger partial charge in [-0.1, -0.05) is 6.58 Å². The molecular weight excluding hydrogens is 302 g/mol. The summed E-state index contributed by atoms with van der Waals surface area (Å²) < 4.78 is 7.84. The number of anilines is 1. The van der Waals surface area contributed by atoms with Gasteiger partial charge in [0.1, 0.15) is 6.61 Å². The molecule has 0 fully saturated rings. The van der Waals surface area contributed by atoms with Gasteiger partial charge in [0.2, 0.25) is 0 Å². The molecule has 3 heterocycles. The molecule has 0 radical (unpaired) electrons. The SMILES string of the molecule is C=C1C=C(C)c2cc3ccc(=O)n(C)c3c3c2N1[C@@H](CNC)CO3. The molecular formula is C19H21N3O2. The molecule has 0 amide bonds. The van der Waals surface area contributed by atoms with Gasteiger partial charge < -0.3 is 19.5 Å². The Morgan fingerprint density at radius 2 is 2.21 bits per heavy atom. The number of aryl methyl sites for hydroxylation is 1. The van der Waals surface area contributed by atoms with Crippen LogP contribution in [-0.2, 0) is 7.05 Å². The first kappa shape index (κ1) is 15.0. The quantitative estimate of drug-likeness (QED) is 0.921. The molecule has 1 aromatic heterocycles. The van der Waals surface area contributed by atoms with Gasteiger partial charge in [0.15, 0.2) is 5.75 Å². The van der Waals surface area contributed by atoms with Crippen molar-refractivity contribution in [3.05, 3.63) is 52.5 Å². The number of likely N-dealkylation sites (N-methyl/N-ethyl adjacent to an activating group) is 1. The molecule has 0 unspecified atom stereocenters. The second-order valence-corrected chi connectivity index (χ2v) is 6.48. The largest absolute Gasteiger partial charge is 0.487 e. The Hall–Kier alpha value is -2.53. The van der Waals surface area contributed by atoms with E-state index in [1.165, 1.54) is 0 Å². The summed E-state index contributed by atoms with van der Waals surface area (Å²) in [7, 11) is 3.73. The van der Waals surface area contributed by atoms with Crippen molar-refractivity contribution < 1.29 is 4.74 Å². The number of allylic oxidation sites excluding steroid dienone is 2. The van der Waals surface area contributed by atoms with E-state index in [1.807, 2.05) is 13.1 Å². The number of benzene rings is 1. The summed E-state index contributed by atoms with van der Waals surface area (Å²) in [5, 5.41) is 4.24. The molecule has 1 aromatic carbocycles. The summed E-state index contributed by atoms with van der Waals surface area (Å²) >= 11 is 0. The van der Waals surface area contributed by atoms with Gasteiger partial charge in [0.25, 0.3) is 5.56 Å². The van der Waals surface area contributed by atoms with Gasteiger partial charge in [0.05, 0.1) is 17.2 Å². The van der Waals surface area contributed by atoms with E-state index in [0.717, 1.165) is 45.7 Å². The van der Waals surface area contributed by atoms with Crippen molar-refractivity contribution in [2.45, 2.75) is 13.0 Å². The van der Waals surface area contributed by atoms with Crippen LogP contribution in [-0.4, -0.2) is 30.8 Å². The van der Waals surface area contributed by atoms with Crippen molar-refractivity contribution in [3.63, 3.8) is 0 Å². The molecule has 2 aliphatic rings. The van der Waals surface area contributed by atoms with Crippen LogP contribution in [0.15, 0.2) is 41.3 Å². The van der Waals surface area contributed by atoms with Crippen LogP contribution in [0.1, 0.15) is 12.5 Å². The van der Waals surface area contributed by atoms with Gasteiger partial charge in [-0.05, 0) is 37.8 Å². The number of aromatic nitrogens is 1. The lowest BCUT2D eigenvalue weighted by Gasteiger charge is -2.43. The Kier molecular flexibility index (Phi) is 3.28. The maximum atomic E-state index is 12.1.